The molecule has 0 spiro atoms. The van der Waals surface area contributed by atoms with Crippen LogP contribution in [0.4, 0.5) is 0 Å². The lowest BCUT2D eigenvalue weighted by Gasteiger charge is -2.11. The van der Waals surface area contributed by atoms with Gasteiger partial charge in [-0.05, 0) is 12.1 Å². The Balaban J connectivity index is 2.52. The number of carbonyl (C=O) groups is 1. The van der Waals surface area contributed by atoms with E-state index >= 15 is 0 Å². The average Bonchev–Trinajstić information content (AvgIpc) is 2.45. The van der Waals surface area contributed by atoms with E-state index in [-0.39, 0.29) is 12.5 Å². The molecule has 0 saturated heterocycles. The van der Waals surface area contributed by atoms with Crippen molar-refractivity contribution in [2.45, 2.75) is 6.54 Å². The fraction of sp³-hybridized carbons (Fsp3) is 0.357. The van der Waals surface area contributed by atoms with Gasteiger partial charge in [0.15, 0.2) is 0 Å². The summed E-state index contributed by atoms with van der Waals surface area (Å²) in [5.74, 6) is 1.35. The Morgan fingerprint density at radius 2 is 2.16 bits per heavy atom. The SMILES string of the molecule is C=CCNCC(=O)NCc1ccc(OC)cc1OC. The standard InChI is InChI=1S/C14H20N2O3/c1-4-7-15-10-14(17)16-9-11-5-6-12(18-2)8-13(11)19-3/h4-6,8,15H,1,7,9-10H2,2-3H3,(H,16,17). The third kappa shape index (κ3) is 5.01. The molecule has 0 unspecified atom stereocenters. The predicted octanol–water partition coefficient (Wildman–Crippen LogP) is 1.10. The Morgan fingerprint density at radius 3 is 2.79 bits per heavy atom. The van der Waals surface area contributed by atoms with E-state index in [4.69, 9.17) is 9.47 Å². The summed E-state index contributed by atoms with van der Waals surface area (Å²) < 4.78 is 10.4. The topological polar surface area (TPSA) is 59.6 Å². The zero-order valence-corrected chi connectivity index (χ0v) is 11.4. The van der Waals surface area contributed by atoms with Gasteiger partial charge in [0.2, 0.25) is 5.91 Å². The van der Waals surface area contributed by atoms with E-state index in [0.717, 1.165) is 11.3 Å². The molecule has 0 atom stereocenters. The Kier molecular flexibility index (Phi) is 6.46. The summed E-state index contributed by atoms with van der Waals surface area (Å²) in [7, 11) is 3.19. The van der Waals surface area contributed by atoms with Crippen molar-refractivity contribution in [3.63, 3.8) is 0 Å². The van der Waals surface area contributed by atoms with Crippen LogP contribution in [0.5, 0.6) is 11.5 Å². The van der Waals surface area contributed by atoms with E-state index in [2.05, 4.69) is 17.2 Å². The molecule has 0 aliphatic carbocycles. The van der Waals surface area contributed by atoms with E-state index in [0.29, 0.717) is 18.8 Å². The van der Waals surface area contributed by atoms with Crippen molar-refractivity contribution >= 4 is 5.91 Å². The van der Waals surface area contributed by atoms with Crippen molar-refractivity contribution in [3.8, 4) is 11.5 Å². The molecule has 5 heteroatoms. The van der Waals surface area contributed by atoms with Crippen LogP contribution in [-0.4, -0.2) is 33.2 Å². The summed E-state index contributed by atoms with van der Waals surface area (Å²) in [6, 6.07) is 5.49. The van der Waals surface area contributed by atoms with E-state index in [1.807, 2.05) is 12.1 Å². The quantitative estimate of drug-likeness (QED) is 0.545. The minimum Gasteiger partial charge on any atom is -0.497 e. The van der Waals surface area contributed by atoms with E-state index in [9.17, 15) is 4.79 Å². The van der Waals surface area contributed by atoms with Gasteiger partial charge in [-0.1, -0.05) is 6.08 Å². The Bertz CT molecular complexity index is 433. The van der Waals surface area contributed by atoms with Crippen molar-refractivity contribution < 1.29 is 14.3 Å². The molecule has 1 amide bonds. The normalized spacial score (nSPS) is 9.79. The zero-order valence-electron chi connectivity index (χ0n) is 11.4. The van der Waals surface area contributed by atoms with Crippen LogP contribution in [0.15, 0.2) is 30.9 Å². The Morgan fingerprint density at radius 1 is 1.37 bits per heavy atom. The second-order valence-electron chi connectivity index (χ2n) is 3.87. The molecule has 19 heavy (non-hydrogen) atoms. The van der Waals surface area contributed by atoms with Crippen LogP contribution < -0.4 is 20.1 Å². The molecule has 104 valence electrons. The van der Waals surface area contributed by atoms with Gasteiger partial charge in [0, 0.05) is 24.7 Å². The summed E-state index contributed by atoms with van der Waals surface area (Å²) in [6.07, 6.45) is 1.71. The van der Waals surface area contributed by atoms with Gasteiger partial charge in [-0.3, -0.25) is 4.79 Å². The number of benzene rings is 1. The maximum Gasteiger partial charge on any atom is 0.234 e. The molecule has 0 aliphatic heterocycles. The maximum atomic E-state index is 11.5. The number of hydrogen-bond donors (Lipinski definition) is 2. The predicted molar refractivity (Wildman–Crippen MR) is 74.5 cm³/mol. The summed E-state index contributed by atoms with van der Waals surface area (Å²) in [4.78, 5) is 11.5. The van der Waals surface area contributed by atoms with Gasteiger partial charge in [0.25, 0.3) is 0 Å². The van der Waals surface area contributed by atoms with E-state index < -0.39 is 0 Å². The van der Waals surface area contributed by atoms with Gasteiger partial charge in [0.05, 0.1) is 20.8 Å². The minimum atomic E-state index is -0.0697. The third-order valence-corrected chi connectivity index (χ3v) is 2.54. The van der Waals surface area contributed by atoms with Crippen molar-refractivity contribution in [2.75, 3.05) is 27.3 Å². The molecule has 2 N–H and O–H groups in total. The van der Waals surface area contributed by atoms with Crippen molar-refractivity contribution in [1.82, 2.24) is 10.6 Å². The van der Waals surface area contributed by atoms with Crippen LogP contribution in [0.2, 0.25) is 0 Å². The van der Waals surface area contributed by atoms with Gasteiger partial charge in [-0.25, -0.2) is 0 Å². The lowest BCUT2D eigenvalue weighted by Crippen LogP contribution is -2.33. The highest BCUT2D eigenvalue weighted by Gasteiger charge is 2.06. The molecule has 0 bridgehead atoms. The van der Waals surface area contributed by atoms with Gasteiger partial charge in [0.1, 0.15) is 11.5 Å². The number of amides is 1. The fourth-order valence-electron chi connectivity index (χ4n) is 1.54. The van der Waals surface area contributed by atoms with Gasteiger partial charge in [-0.2, -0.15) is 0 Å². The minimum absolute atomic E-state index is 0.0697. The molecule has 0 fully saturated rings. The fourth-order valence-corrected chi connectivity index (χ4v) is 1.54. The van der Waals surface area contributed by atoms with Crippen molar-refractivity contribution in [1.29, 1.82) is 0 Å². The van der Waals surface area contributed by atoms with Crippen LogP contribution in [-0.2, 0) is 11.3 Å². The van der Waals surface area contributed by atoms with Gasteiger partial charge in [-0.15, -0.1) is 6.58 Å². The van der Waals surface area contributed by atoms with Crippen molar-refractivity contribution in [2.24, 2.45) is 0 Å². The number of hydrogen-bond acceptors (Lipinski definition) is 4. The number of ether oxygens (including phenoxy) is 2. The summed E-state index contributed by atoms with van der Waals surface area (Å²) in [5, 5.41) is 5.75. The molecule has 0 aliphatic rings. The first-order chi connectivity index (χ1) is 9.21. The first-order valence-electron chi connectivity index (χ1n) is 6.00. The summed E-state index contributed by atoms with van der Waals surface area (Å²) in [5.41, 5.74) is 0.903. The monoisotopic (exact) mass is 264 g/mol. The number of carbonyl (C=O) groups excluding carboxylic acids is 1. The highest BCUT2D eigenvalue weighted by Crippen LogP contribution is 2.24. The average molecular weight is 264 g/mol. The zero-order chi connectivity index (χ0) is 14.1. The first kappa shape index (κ1) is 15.0. The highest BCUT2D eigenvalue weighted by atomic mass is 16.5. The van der Waals surface area contributed by atoms with Crippen molar-refractivity contribution in [3.05, 3.63) is 36.4 Å². The van der Waals surface area contributed by atoms with E-state index in [1.54, 1.807) is 26.4 Å². The summed E-state index contributed by atoms with van der Waals surface area (Å²) in [6.45, 7) is 4.86. The second kappa shape index (κ2) is 8.16. The third-order valence-electron chi connectivity index (χ3n) is 2.54. The van der Waals surface area contributed by atoms with Crippen LogP contribution in [0.25, 0.3) is 0 Å². The van der Waals surface area contributed by atoms with Gasteiger partial charge >= 0.3 is 0 Å². The molecular formula is C14H20N2O3. The molecule has 5 nitrogen and oxygen atoms in total. The van der Waals surface area contributed by atoms with Crippen LogP contribution in [0.1, 0.15) is 5.56 Å². The molecule has 0 radical (unpaired) electrons. The molecule has 1 aromatic rings. The number of nitrogens with one attached hydrogen (secondary N) is 2. The lowest BCUT2D eigenvalue weighted by molar-refractivity contribution is -0.120. The largest absolute Gasteiger partial charge is 0.497 e. The molecule has 0 saturated carbocycles. The molecule has 1 aromatic carbocycles. The highest BCUT2D eigenvalue weighted by molar-refractivity contribution is 5.78. The smallest absolute Gasteiger partial charge is 0.234 e. The molecule has 1 rings (SSSR count). The van der Waals surface area contributed by atoms with E-state index in [1.165, 1.54) is 0 Å². The Hall–Kier alpha value is -2.01. The molecule has 0 aromatic heterocycles. The Labute approximate surface area is 113 Å². The maximum absolute atomic E-state index is 11.5. The van der Waals surface area contributed by atoms with Crippen LogP contribution >= 0.6 is 0 Å². The molecular weight excluding hydrogens is 244 g/mol. The van der Waals surface area contributed by atoms with Crippen LogP contribution in [0, 0.1) is 0 Å². The van der Waals surface area contributed by atoms with Gasteiger partial charge < -0.3 is 20.1 Å². The van der Waals surface area contributed by atoms with Crippen LogP contribution in [0.3, 0.4) is 0 Å². The second-order valence-corrected chi connectivity index (χ2v) is 3.87. The number of rotatable bonds is 8. The lowest BCUT2D eigenvalue weighted by atomic mass is 10.2. The first-order valence-corrected chi connectivity index (χ1v) is 6.00. The number of methoxy groups -OCH3 is 2. The summed E-state index contributed by atoms with van der Waals surface area (Å²) >= 11 is 0. The molecule has 0 heterocycles.